The highest BCUT2D eigenvalue weighted by Crippen LogP contribution is 2.59. The second-order valence-corrected chi connectivity index (χ2v) is 20.0. The predicted molar refractivity (Wildman–Crippen MR) is 203 cm³/mol. The van der Waals surface area contributed by atoms with Crippen LogP contribution in [-0.2, 0) is 52.4 Å². The molecule has 3 heterocycles. The van der Waals surface area contributed by atoms with Gasteiger partial charge in [-0.15, -0.1) is 0 Å². The van der Waals surface area contributed by atoms with E-state index < -0.39 is 39.7 Å². The van der Waals surface area contributed by atoms with E-state index in [0.29, 0.717) is 37.5 Å². The molecule has 0 aromatic heterocycles. The number of fused-ring (bicyclic) bond motifs is 1. The van der Waals surface area contributed by atoms with Crippen molar-refractivity contribution >= 4 is 29.8 Å². The van der Waals surface area contributed by atoms with Crippen LogP contribution in [0, 0.1) is 34.0 Å². The Morgan fingerprint density at radius 1 is 0.764 bits per heavy atom. The fourth-order valence-corrected chi connectivity index (χ4v) is 8.65. The number of carbonyl (C=O) groups excluding carboxylic acids is 5. The molecule has 6 bridgehead atoms. The van der Waals surface area contributed by atoms with Gasteiger partial charge in [-0.2, -0.15) is 0 Å². The summed E-state index contributed by atoms with van der Waals surface area (Å²) in [6, 6.07) is 0. The highest BCUT2D eigenvalue weighted by Gasteiger charge is 2.65. The number of aliphatic hydroxyl groups is 1. The molecule has 4 aliphatic carbocycles. The molecule has 55 heavy (non-hydrogen) atoms. The van der Waals surface area contributed by atoms with Crippen molar-refractivity contribution in [2.75, 3.05) is 6.61 Å². The Bertz CT molecular complexity index is 1410. The predicted octanol–water partition coefficient (Wildman–Crippen LogP) is 7.18. The molecule has 7 unspecified atom stereocenters. The smallest absolute Gasteiger partial charge is 0.312 e. The van der Waals surface area contributed by atoms with Crippen molar-refractivity contribution in [3.63, 3.8) is 0 Å². The maximum atomic E-state index is 12.4. The average Bonchev–Trinajstić information content (AvgIpc) is 3.70. The first kappa shape index (κ1) is 45.0. The van der Waals surface area contributed by atoms with Gasteiger partial charge in [0.25, 0.3) is 0 Å². The van der Waals surface area contributed by atoms with E-state index in [-0.39, 0.29) is 66.6 Å². The molecule has 7 rings (SSSR count). The minimum absolute atomic E-state index is 0.0828. The van der Waals surface area contributed by atoms with Gasteiger partial charge in [0.05, 0.1) is 40.5 Å². The third-order valence-electron chi connectivity index (χ3n) is 12.8. The summed E-state index contributed by atoms with van der Waals surface area (Å²) in [6.07, 6.45) is 8.10. The molecule has 314 valence electrons. The van der Waals surface area contributed by atoms with Crippen LogP contribution in [0.1, 0.15) is 160 Å². The Morgan fingerprint density at radius 3 is 1.84 bits per heavy atom. The summed E-state index contributed by atoms with van der Waals surface area (Å²) in [5.41, 5.74) is -2.75. The largest absolute Gasteiger partial charge is 0.465 e. The third kappa shape index (κ3) is 10.8. The molecular weight excluding hydrogens is 708 g/mol. The Morgan fingerprint density at radius 2 is 1.31 bits per heavy atom. The minimum Gasteiger partial charge on any atom is -0.465 e. The van der Waals surface area contributed by atoms with Crippen molar-refractivity contribution in [2.45, 2.75) is 201 Å². The molecule has 0 aromatic carbocycles. The normalized spacial score (nSPS) is 32.7. The fourth-order valence-electron chi connectivity index (χ4n) is 8.65. The number of esters is 5. The molecule has 0 aromatic rings. The van der Waals surface area contributed by atoms with Gasteiger partial charge < -0.3 is 33.5 Å². The SMILES string of the molecule is CCC(C)(C)C(=O)OC12CC3CC(CC(O)(C3)C1)C2.CCC(C)(C)C(=O)OC1C2CC3C(=O)OC1C3O2.CCC(C)(C)C(=O)OCCCC(=O)OC(C)(C)C. The molecule has 4 saturated carbocycles. The van der Waals surface area contributed by atoms with Crippen molar-refractivity contribution in [3.8, 4) is 0 Å². The standard InChI is InChI=1S/C16H26O3.C14H26O4.C13H18O5/c1-4-14(2,3)13(17)19-16-8-11-5-12(9-16)7-15(18,6-11)10-16;1-7-14(5,6)12(16)17-10-8-9-11(15)18-13(2,3)4;1-4-13(2,3)12(15)18-9-7-5-6-8(16-7)10(9)17-11(6)14/h11-12,18H,4-10H2,1-3H3;7-10H2,1-6H3;6-10H,4-5H2,1-3H3. The molecule has 3 saturated heterocycles. The van der Waals surface area contributed by atoms with Crippen LogP contribution < -0.4 is 0 Å². The van der Waals surface area contributed by atoms with Gasteiger partial charge in [-0.3, -0.25) is 24.0 Å². The molecule has 1 N–H and O–H groups in total. The molecule has 12 heteroatoms. The fraction of sp³-hybridized carbons (Fsp3) is 0.884. The zero-order valence-electron chi connectivity index (χ0n) is 35.7. The number of ether oxygens (including phenoxy) is 6. The van der Waals surface area contributed by atoms with E-state index >= 15 is 0 Å². The number of hydrogen-bond acceptors (Lipinski definition) is 12. The van der Waals surface area contributed by atoms with Crippen LogP contribution in [0.25, 0.3) is 0 Å². The molecular formula is C43H70O12. The van der Waals surface area contributed by atoms with E-state index in [9.17, 15) is 29.1 Å². The van der Waals surface area contributed by atoms with Gasteiger partial charge in [0.2, 0.25) is 0 Å². The lowest BCUT2D eigenvalue weighted by atomic mass is 9.52. The lowest BCUT2D eigenvalue weighted by Gasteiger charge is -2.59. The van der Waals surface area contributed by atoms with Crippen LogP contribution in [0.3, 0.4) is 0 Å². The minimum atomic E-state index is -0.555. The molecule has 0 amide bonds. The molecule has 0 spiro atoms. The molecule has 0 radical (unpaired) electrons. The van der Waals surface area contributed by atoms with Crippen molar-refractivity contribution in [3.05, 3.63) is 0 Å². The van der Waals surface area contributed by atoms with E-state index in [0.717, 1.165) is 38.5 Å². The summed E-state index contributed by atoms with van der Waals surface area (Å²) in [5, 5.41) is 10.6. The highest BCUT2D eigenvalue weighted by atomic mass is 16.7. The van der Waals surface area contributed by atoms with Gasteiger partial charge in [-0.1, -0.05) is 20.8 Å². The first-order valence-electron chi connectivity index (χ1n) is 20.7. The molecule has 3 aliphatic heterocycles. The monoisotopic (exact) mass is 778 g/mol. The zero-order chi connectivity index (χ0) is 41.4. The lowest BCUT2D eigenvalue weighted by Crippen LogP contribution is -2.61. The summed E-state index contributed by atoms with van der Waals surface area (Å²) in [7, 11) is 0. The van der Waals surface area contributed by atoms with Crippen LogP contribution in [0.4, 0.5) is 0 Å². The lowest BCUT2D eigenvalue weighted by molar-refractivity contribution is -0.225. The Labute approximate surface area is 328 Å². The summed E-state index contributed by atoms with van der Waals surface area (Å²) < 4.78 is 32.7. The van der Waals surface area contributed by atoms with Gasteiger partial charge in [0, 0.05) is 12.8 Å². The van der Waals surface area contributed by atoms with Gasteiger partial charge >= 0.3 is 29.8 Å². The Balaban J connectivity index is 0.000000184. The molecule has 7 fully saturated rings. The van der Waals surface area contributed by atoms with Gasteiger partial charge in [0.1, 0.15) is 17.3 Å². The average molecular weight is 779 g/mol. The van der Waals surface area contributed by atoms with Crippen LogP contribution in [-0.4, -0.2) is 82.8 Å². The van der Waals surface area contributed by atoms with E-state index in [4.69, 9.17) is 28.4 Å². The molecule has 7 aliphatic rings. The topological polar surface area (TPSA) is 161 Å². The number of rotatable bonds is 12. The first-order chi connectivity index (χ1) is 25.3. The van der Waals surface area contributed by atoms with E-state index in [1.807, 2.05) is 83.1 Å². The van der Waals surface area contributed by atoms with Crippen LogP contribution in [0.5, 0.6) is 0 Å². The summed E-state index contributed by atoms with van der Waals surface area (Å²) in [6.45, 7) is 23.0. The van der Waals surface area contributed by atoms with Gasteiger partial charge in [0.15, 0.2) is 12.2 Å². The van der Waals surface area contributed by atoms with Crippen molar-refractivity contribution in [1.29, 1.82) is 0 Å². The molecule has 12 nitrogen and oxygen atoms in total. The quantitative estimate of drug-likeness (QED) is 0.121. The summed E-state index contributed by atoms with van der Waals surface area (Å²) >= 11 is 0. The van der Waals surface area contributed by atoms with Crippen molar-refractivity contribution in [2.24, 2.45) is 34.0 Å². The Kier molecular flexibility index (Phi) is 13.6. The van der Waals surface area contributed by atoms with Crippen LogP contribution in [0.2, 0.25) is 0 Å². The summed E-state index contributed by atoms with van der Waals surface area (Å²) in [5.74, 6) is -0.0313. The number of carbonyl (C=O) groups is 5. The van der Waals surface area contributed by atoms with Gasteiger partial charge in [-0.25, -0.2) is 0 Å². The second-order valence-electron chi connectivity index (χ2n) is 20.0. The number of hydrogen-bond donors (Lipinski definition) is 1. The second kappa shape index (κ2) is 16.6. The van der Waals surface area contributed by atoms with Gasteiger partial charge in [-0.05, 0) is 138 Å². The van der Waals surface area contributed by atoms with E-state index in [1.54, 1.807) is 0 Å². The Hall–Kier alpha value is -2.73. The van der Waals surface area contributed by atoms with Crippen molar-refractivity contribution in [1.82, 2.24) is 0 Å². The van der Waals surface area contributed by atoms with E-state index in [2.05, 4.69) is 0 Å². The van der Waals surface area contributed by atoms with Crippen LogP contribution in [0.15, 0.2) is 0 Å². The third-order valence-corrected chi connectivity index (χ3v) is 12.8. The van der Waals surface area contributed by atoms with Crippen LogP contribution >= 0.6 is 0 Å². The zero-order valence-corrected chi connectivity index (χ0v) is 35.7. The maximum absolute atomic E-state index is 12.4. The first-order valence-corrected chi connectivity index (χ1v) is 20.7. The summed E-state index contributed by atoms with van der Waals surface area (Å²) in [4.78, 5) is 59.0. The highest BCUT2D eigenvalue weighted by molar-refractivity contribution is 5.79. The van der Waals surface area contributed by atoms with E-state index in [1.165, 1.54) is 6.42 Å². The molecule has 7 atom stereocenters. The van der Waals surface area contributed by atoms with Crippen molar-refractivity contribution < 1.29 is 57.5 Å². The maximum Gasteiger partial charge on any atom is 0.312 e.